The van der Waals surface area contributed by atoms with Gasteiger partial charge >= 0.3 is 5.97 Å². The number of carbonyl (C=O) groups is 3. The van der Waals surface area contributed by atoms with Crippen molar-refractivity contribution < 1.29 is 19.5 Å². The molecule has 0 spiro atoms. The van der Waals surface area contributed by atoms with Gasteiger partial charge in [0.15, 0.2) is 0 Å². The minimum atomic E-state index is -0.769. The highest BCUT2D eigenvalue weighted by Crippen LogP contribution is 2.34. The van der Waals surface area contributed by atoms with Crippen LogP contribution < -0.4 is 5.73 Å². The maximum Gasteiger partial charge on any atom is 0.303 e. The van der Waals surface area contributed by atoms with Crippen LogP contribution in [0.3, 0.4) is 0 Å². The molecule has 3 unspecified atom stereocenters. The number of rotatable bonds is 7. The van der Waals surface area contributed by atoms with Crippen LogP contribution in [0.15, 0.2) is 0 Å². The number of carboxylic acid groups (broad SMARTS) is 1. The third kappa shape index (κ3) is 4.37. The van der Waals surface area contributed by atoms with E-state index in [1.807, 2.05) is 4.90 Å². The molecule has 7 heteroatoms. The van der Waals surface area contributed by atoms with Crippen molar-refractivity contribution in [3.63, 3.8) is 0 Å². The van der Waals surface area contributed by atoms with Gasteiger partial charge in [0.1, 0.15) is 0 Å². The Morgan fingerprint density at radius 3 is 2.38 bits per heavy atom. The van der Waals surface area contributed by atoms with Crippen molar-refractivity contribution >= 4 is 17.8 Å². The maximum absolute atomic E-state index is 12.6. The third-order valence-electron chi connectivity index (χ3n) is 6.57. The Morgan fingerprint density at radius 2 is 1.77 bits per heavy atom. The SMILES string of the molecule is NC(=O)C1CCCN1CCC1CN(C(=O)C2CCC2)CCC1CC(=O)O. The van der Waals surface area contributed by atoms with Crippen molar-refractivity contribution in [1.29, 1.82) is 0 Å². The van der Waals surface area contributed by atoms with E-state index in [2.05, 4.69) is 4.90 Å². The molecule has 0 bridgehead atoms. The summed E-state index contributed by atoms with van der Waals surface area (Å²) in [6, 6.07) is -0.191. The zero-order valence-electron chi connectivity index (χ0n) is 15.4. The van der Waals surface area contributed by atoms with Crippen molar-refractivity contribution in [1.82, 2.24) is 9.80 Å². The van der Waals surface area contributed by atoms with Crippen LogP contribution >= 0.6 is 0 Å². The quantitative estimate of drug-likeness (QED) is 0.702. The Labute approximate surface area is 154 Å². The van der Waals surface area contributed by atoms with E-state index >= 15 is 0 Å². The summed E-state index contributed by atoms with van der Waals surface area (Å²) in [6.07, 6.45) is 6.65. The number of piperidine rings is 1. The molecule has 2 heterocycles. The highest BCUT2D eigenvalue weighted by Gasteiger charge is 2.37. The number of nitrogens with two attached hydrogens (primary N) is 1. The molecule has 2 saturated heterocycles. The predicted molar refractivity (Wildman–Crippen MR) is 96.2 cm³/mol. The third-order valence-corrected chi connectivity index (χ3v) is 6.57. The van der Waals surface area contributed by atoms with Crippen LogP contribution in [0.5, 0.6) is 0 Å². The van der Waals surface area contributed by atoms with Crippen LogP contribution in [-0.2, 0) is 14.4 Å². The summed E-state index contributed by atoms with van der Waals surface area (Å²) in [5.41, 5.74) is 5.50. The van der Waals surface area contributed by atoms with E-state index in [1.165, 1.54) is 0 Å². The maximum atomic E-state index is 12.6. The fraction of sp³-hybridized carbons (Fsp3) is 0.842. The molecule has 26 heavy (non-hydrogen) atoms. The number of carbonyl (C=O) groups excluding carboxylic acids is 2. The van der Waals surface area contributed by atoms with E-state index in [0.29, 0.717) is 13.1 Å². The largest absolute Gasteiger partial charge is 0.481 e. The molecule has 1 saturated carbocycles. The second-order valence-corrected chi connectivity index (χ2v) is 8.20. The van der Waals surface area contributed by atoms with Crippen molar-refractivity contribution in [2.75, 3.05) is 26.2 Å². The van der Waals surface area contributed by atoms with Gasteiger partial charge < -0.3 is 15.7 Å². The van der Waals surface area contributed by atoms with Crippen LogP contribution in [0, 0.1) is 17.8 Å². The topological polar surface area (TPSA) is 104 Å². The van der Waals surface area contributed by atoms with E-state index in [9.17, 15) is 19.5 Å². The number of aliphatic carboxylic acids is 1. The molecule has 0 radical (unpaired) electrons. The van der Waals surface area contributed by atoms with Crippen LogP contribution in [0.4, 0.5) is 0 Å². The summed E-state index contributed by atoms with van der Waals surface area (Å²) in [4.78, 5) is 39.5. The molecular formula is C19H31N3O4. The number of likely N-dealkylation sites (tertiary alicyclic amines) is 2. The number of hydrogen-bond donors (Lipinski definition) is 2. The average molecular weight is 365 g/mol. The summed E-state index contributed by atoms with van der Waals surface area (Å²) < 4.78 is 0. The molecule has 3 rings (SSSR count). The normalized spacial score (nSPS) is 30.2. The Hall–Kier alpha value is -1.63. The van der Waals surface area contributed by atoms with Gasteiger partial charge in [-0.2, -0.15) is 0 Å². The van der Waals surface area contributed by atoms with Crippen molar-refractivity contribution in [3.05, 3.63) is 0 Å². The van der Waals surface area contributed by atoms with Gasteiger partial charge in [0.25, 0.3) is 0 Å². The summed E-state index contributed by atoms with van der Waals surface area (Å²) in [5.74, 6) is -0.314. The van der Waals surface area contributed by atoms with E-state index in [0.717, 1.165) is 58.0 Å². The minimum absolute atomic E-state index is 0.104. The fourth-order valence-electron chi connectivity index (χ4n) is 4.76. The second kappa shape index (κ2) is 8.37. The minimum Gasteiger partial charge on any atom is -0.481 e. The molecule has 0 aromatic rings. The molecule has 0 aromatic heterocycles. The first-order chi connectivity index (χ1) is 12.5. The molecule has 2 aliphatic heterocycles. The highest BCUT2D eigenvalue weighted by molar-refractivity contribution is 5.80. The average Bonchev–Trinajstić information content (AvgIpc) is 3.00. The number of carboxylic acids is 1. The first-order valence-corrected chi connectivity index (χ1v) is 9.99. The molecule has 3 fully saturated rings. The summed E-state index contributed by atoms with van der Waals surface area (Å²) >= 11 is 0. The Bertz CT molecular complexity index is 549. The lowest BCUT2D eigenvalue weighted by atomic mass is 9.79. The van der Waals surface area contributed by atoms with Gasteiger partial charge in [-0.3, -0.25) is 19.3 Å². The number of nitrogens with zero attached hydrogens (tertiary/aromatic N) is 2. The molecule has 3 atom stereocenters. The van der Waals surface area contributed by atoms with Gasteiger partial charge in [0.05, 0.1) is 6.04 Å². The van der Waals surface area contributed by atoms with Crippen molar-refractivity contribution in [2.45, 2.75) is 57.4 Å². The van der Waals surface area contributed by atoms with E-state index < -0.39 is 5.97 Å². The van der Waals surface area contributed by atoms with Crippen LogP contribution in [0.1, 0.15) is 51.4 Å². The highest BCUT2D eigenvalue weighted by atomic mass is 16.4. The molecule has 1 aliphatic carbocycles. The number of primary amides is 1. The standard InChI is InChI=1S/C19H31N3O4/c20-18(25)16-5-2-8-21(16)9-7-15-12-22(19(26)13-3-1-4-13)10-6-14(15)11-17(23)24/h13-16H,1-12H2,(H2,20,25)(H,23,24). The predicted octanol–water partition coefficient (Wildman–Crippen LogP) is 1.07. The lowest BCUT2D eigenvalue weighted by Crippen LogP contribution is -2.48. The monoisotopic (exact) mass is 365 g/mol. The van der Waals surface area contributed by atoms with E-state index in [-0.39, 0.29) is 42.0 Å². The Kier molecular flexibility index (Phi) is 6.16. The van der Waals surface area contributed by atoms with Crippen LogP contribution in [-0.4, -0.2) is 64.9 Å². The van der Waals surface area contributed by atoms with Crippen molar-refractivity contribution in [2.24, 2.45) is 23.5 Å². The Balaban J connectivity index is 1.59. The van der Waals surface area contributed by atoms with E-state index in [4.69, 9.17) is 5.73 Å². The molecule has 2 amide bonds. The summed E-state index contributed by atoms with van der Waals surface area (Å²) in [7, 11) is 0. The van der Waals surface area contributed by atoms with Gasteiger partial charge in [-0.25, -0.2) is 0 Å². The van der Waals surface area contributed by atoms with Crippen LogP contribution in [0.25, 0.3) is 0 Å². The van der Waals surface area contributed by atoms with E-state index in [1.54, 1.807) is 0 Å². The zero-order chi connectivity index (χ0) is 18.7. The lowest BCUT2D eigenvalue weighted by molar-refractivity contribution is -0.142. The molecule has 3 N–H and O–H groups in total. The summed E-state index contributed by atoms with van der Waals surface area (Å²) in [5, 5.41) is 9.24. The number of amides is 2. The molecule has 0 aromatic carbocycles. The zero-order valence-corrected chi connectivity index (χ0v) is 15.4. The first-order valence-electron chi connectivity index (χ1n) is 9.99. The fourth-order valence-corrected chi connectivity index (χ4v) is 4.76. The number of hydrogen-bond acceptors (Lipinski definition) is 4. The Morgan fingerprint density at radius 1 is 1.00 bits per heavy atom. The van der Waals surface area contributed by atoms with Gasteiger partial charge in [0.2, 0.25) is 11.8 Å². The molecule has 3 aliphatic rings. The second-order valence-electron chi connectivity index (χ2n) is 8.20. The molecule has 146 valence electrons. The van der Waals surface area contributed by atoms with Gasteiger partial charge in [-0.1, -0.05) is 6.42 Å². The lowest BCUT2D eigenvalue weighted by Gasteiger charge is -2.41. The van der Waals surface area contributed by atoms with Gasteiger partial charge in [-0.05, 0) is 63.5 Å². The van der Waals surface area contributed by atoms with Gasteiger partial charge in [-0.15, -0.1) is 0 Å². The smallest absolute Gasteiger partial charge is 0.303 e. The molecule has 7 nitrogen and oxygen atoms in total. The first kappa shape index (κ1) is 19.1. The van der Waals surface area contributed by atoms with Crippen LogP contribution in [0.2, 0.25) is 0 Å². The van der Waals surface area contributed by atoms with Gasteiger partial charge in [0, 0.05) is 25.4 Å². The van der Waals surface area contributed by atoms with Crippen molar-refractivity contribution in [3.8, 4) is 0 Å². The summed E-state index contributed by atoms with van der Waals surface area (Å²) in [6.45, 7) is 2.95. The molecular weight excluding hydrogens is 334 g/mol.